The molecule has 1 aliphatic rings. The minimum Gasteiger partial charge on any atom is -0.493 e. The molecular weight excluding hydrogens is 328 g/mol. The number of nitrogens with zero attached hydrogens (tertiary/aromatic N) is 1. The van der Waals surface area contributed by atoms with E-state index >= 15 is 0 Å². The summed E-state index contributed by atoms with van der Waals surface area (Å²) in [6.07, 6.45) is 0.709. The predicted molar refractivity (Wildman–Crippen MR) is 101 cm³/mol. The Hall–Kier alpha value is -2.82. The number of amides is 2. The number of hydrogen-bond donors (Lipinski definition) is 1. The molecule has 2 amide bonds. The number of rotatable bonds is 6. The van der Waals surface area contributed by atoms with Crippen LogP contribution in [-0.2, 0) is 9.59 Å². The van der Waals surface area contributed by atoms with Crippen molar-refractivity contribution in [2.75, 3.05) is 18.1 Å². The van der Waals surface area contributed by atoms with E-state index in [2.05, 4.69) is 5.32 Å². The number of hydrogen-bond acceptors (Lipinski definition) is 3. The fraction of sp³-hybridized carbons (Fsp3) is 0.333. The highest BCUT2D eigenvalue weighted by Gasteiger charge is 2.37. The third kappa shape index (κ3) is 3.72. The molecule has 5 nitrogen and oxygen atoms in total. The standard InChI is InChI=1S/C21H24N2O3/c1-14-9-10-18-17(13-14)20(22-16(3)24)21(25)23(18)11-6-12-26-19-8-5-4-7-15(19)2/h4-5,7-10,13,20H,6,11-12H2,1-3H3,(H,22,24)/t20-/m0/s1. The van der Waals surface area contributed by atoms with Gasteiger partial charge in [-0.2, -0.15) is 0 Å². The summed E-state index contributed by atoms with van der Waals surface area (Å²) in [4.78, 5) is 26.0. The number of carbonyl (C=O) groups is 2. The van der Waals surface area contributed by atoms with Crippen LogP contribution in [0.3, 0.4) is 0 Å². The molecule has 0 spiro atoms. The van der Waals surface area contributed by atoms with Crippen LogP contribution in [0.15, 0.2) is 42.5 Å². The van der Waals surface area contributed by atoms with Crippen molar-refractivity contribution in [3.05, 3.63) is 59.2 Å². The Labute approximate surface area is 154 Å². The van der Waals surface area contributed by atoms with Crippen molar-refractivity contribution in [1.82, 2.24) is 5.32 Å². The predicted octanol–water partition coefficient (Wildman–Crippen LogP) is 3.30. The van der Waals surface area contributed by atoms with Crippen molar-refractivity contribution in [3.63, 3.8) is 0 Å². The third-order valence-electron chi connectivity index (χ3n) is 4.52. The van der Waals surface area contributed by atoms with Crippen LogP contribution in [-0.4, -0.2) is 25.0 Å². The summed E-state index contributed by atoms with van der Waals surface area (Å²) in [5.41, 5.74) is 3.90. The first-order valence-electron chi connectivity index (χ1n) is 8.85. The molecule has 1 atom stereocenters. The maximum Gasteiger partial charge on any atom is 0.254 e. The highest BCUT2D eigenvalue weighted by atomic mass is 16.5. The molecule has 1 aliphatic heterocycles. The number of aryl methyl sites for hydroxylation is 2. The molecule has 0 fully saturated rings. The van der Waals surface area contributed by atoms with Gasteiger partial charge in [-0.05, 0) is 38.0 Å². The van der Waals surface area contributed by atoms with E-state index in [1.807, 2.05) is 56.3 Å². The molecule has 2 aromatic carbocycles. The smallest absolute Gasteiger partial charge is 0.254 e. The van der Waals surface area contributed by atoms with Gasteiger partial charge < -0.3 is 15.0 Å². The van der Waals surface area contributed by atoms with E-state index in [4.69, 9.17) is 4.74 Å². The first kappa shape index (κ1) is 18.0. The second-order valence-corrected chi connectivity index (χ2v) is 6.65. The van der Waals surface area contributed by atoms with E-state index < -0.39 is 6.04 Å². The van der Waals surface area contributed by atoms with Crippen molar-refractivity contribution in [3.8, 4) is 5.75 Å². The zero-order valence-corrected chi connectivity index (χ0v) is 15.4. The fourth-order valence-corrected chi connectivity index (χ4v) is 3.26. The molecule has 0 aromatic heterocycles. The first-order chi connectivity index (χ1) is 12.5. The van der Waals surface area contributed by atoms with E-state index in [9.17, 15) is 9.59 Å². The topological polar surface area (TPSA) is 58.6 Å². The Bertz CT molecular complexity index is 832. The third-order valence-corrected chi connectivity index (χ3v) is 4.52. The van der Waals surface area contributed by atoms with Crippen LogP contribution in [0, 0.1) is 13.8 Å². The summed E-state index contributed by atoms with van der Waals surface area (Å²) < 4.78 is 5.82. The van der Waals surface area contributed by atoms with Crippen LogP contribution < -0.4 is 15.0 Å². The molecule has 0 saturated carbocycles. The molecule has 0 bridgehead atoms. The van der Waals surface area contributed by atoms with Gasteiger partial charge in [0.25, 0.3) is 5.91 Å². The maximum atomic E-state index is 12.8. The van der Waals surface area contributed by atoms with E-state index in [0.717, 1.165) is 28.1 Å². The van der Waals surface area contributed by atoms with Crippen molar-refractivity contribution in [2.45, 2.75) is 33.2 Å². The molecule has 0 aliphatic carbocycles. The molecule has 1 heterocycles. The molecule has 0 radical (unpaired) electrons. The van der Waals surface area contributed by atoms with E-state index in [1.54, 1.807) is 4.90 Å². The van der Waals surface area contributed by atoms with Gasteiger partial charge in [0.15, 0.2) is 0 Å². The number of anilines is 1. The Kier molecular flexibility index (Phi) is 5.26. The van der Waals surface area contributed by atoms with Crippen molar-refractivity contribution >= 4 is 17.5 Å². The number of nitrogens with one attached hydrogen (secondary N) is 1. The van der Waals surface area contributed by atoms with E-state index in [1.165, 1.54) is 6.92 Å². The van der Waals surface area contributed by atoms with Gasteiger partial charge in [-0.3, -0.25) is 9.59 Å². The molecule has 0 unspecified atom stereocenters. The maximum absolute atomic E-state index is 12.8. The first-order valence-corrected chi connectivity index (χ1v) is 8.85. The van der Waals surface area contributed by atoms with Gasteiger partial charge in [0.05, 0.1) is 6.61 Å². The molecule has 136 valence electrons. The molecule has 0 saturated heterocycles. The van der Waals surface area contributed by atoms with E-state index in [0.29, 0.717) is 19.6 Å². The summed E-state index contributed by atoms with van der Waals surface area (Å²) in [6.45, 7) is 6.50. The molecule has 2 aromatic rings. The lowest BCUT2D eigenvalue weighted by Crippen LogP contribution is -2.37. The summed E-state index contributed by atoms with van der Waals surface area (Å²) in [6, 6.07) is 13.2. The van der Waals surface area contributed by atoms with Gasteiger partial charge in [-0.15, -0.1) is 0 Å². The van der Waals surface area contributed by atoms with Crippen LogP contribution in [0.25, 0.3) is 0 Å². The van der Waals surface area contributed by atoms with Crippen LogP contribution in [0.5, 0.6) is 5.75 Å². The molecule has 3 rings (SSSR count). The number of benzene rings is 2. The average molecular weight is 352 g/mol. The number of fused-ring (bicyclic) bond motifs is 1. The van der Waals surface area contributed by atoms with Crippen LogP contribution in [0.2, 0.25) is 0 Å². The lowest BCUT2D eigenvalue weighted by Gasteiger charge is -2.18. The van der Waals surface area contributed by atoms with Crippen molar-refractivity contribution in [1.29, 1.82) is 0 Å². The Morgan fingerprint density at radius 3 is 2.69 bits per heavy atom. The highest BCUT2D eigenvalue weighted by Crippen LogP contribution is 2.36. The summed E-state index contributed by atoms with van der Waals surface area (Å²) in [7, 11) is 0. The second-order valence-electron chi connectivity index (χ2n) is 6.65. The Balaban J connectivity index is 1.67. The fourth-order valence-electron chi connectivity index (χ4n) is 3.26. The van der Waals surface area contributed by atoms with Gasteiger partial charge >= 0.3 is 0 Å². The Morgan fingerprint density at radius 1 is 1.19 bits per heavy atom. The summed E-state index contributed by atoms with van der Waals surface area (Å²) in [5.74, 6) is 0.574. The minimum atomic E-state index is -0.598. The Morgan fingerprint density at radius 2 is 1.96 bits per heavy atom. The summed E-state index contributed by atoms with van der Waals surface area (Å²) in [5, 5.41) is 2.77. The average Bonchev–Trinajstić information content (AvgIpc) is 2.84. The van der Waals surface area contributed by atoms with Gasteiger partial charge in [0.1, 0.15) is 11.8 Å². The van der Waals surface area contributed by atoms with E-state index in [-0.39, 0.29) is 11.8 Å². The molecular formula is C21H24N2O3. The minimum absolute atomic E-state index is 0.0864. The van der Waals surface area contributed by atoms with Crippen molar-refractivity contribution < 1.29 is 14.3 Å². The van der Waals surface area contributed by atoms with Gasteiger partial charge in [-0.25, -0.2) is 0 Å². The van der Waals surface area contributed by atoms with Crippen LogP contribution in [0.1, 0.15) is 36.1 Å². The zero-order valence-electron chi connectivity index (χ0n) is 15.4. The SMILES string of the molecule is CC(=O)N[C@@H]1C(=O)N(CCCOc2ccccc2C)c2ccc(C)cc21. The monoisotopic (exact) mass is 352 g/mol. The molecule has 26 heavy (non-hydrogen) atoms. The second kappa shape index (κ2) is 7.60. The molecule has 1 N–H and O–H groups in total. The largest absolute Gasteiger partial charge is 0.493 e. The van der Waals surface area contributed by atoms with Gasteiger partial charge in [-0.1, -0.05) is 35.9 Å². The van der Waals surface area contributed by atoms with Gasteiger partial charge in [0, 0.05) is 24.7 Å². The van der Waals surface area contributed by atoms with Gasteiger partial charge in [0.2, 0.25) is 5.91 Å². The zero-order chi connectivity index (χ0) is 18.7. The van der Waals surface area contributed by atoms with Crippen LogP contribution >= 0.6 is 0 Å². The normalized spacial score (nSPS) is 15.7. The summed E-state index contributed by atoms with van der Waals surface area (Å²) >= 11 is 0. The number of para-hydroxylation sites is 1. The van der Waals surface area contributed by atoms with Crippen LogP contribution in [0.4, 0.5) is 5.69 Å². The lowest BCUT2D eigenvalue weighted by atomic mass is 10.1. The molecule has 5 heteroatoms. The van der Waals surface area contributed by atoms with Crippen molar-refractivity contribution in [2.24, 2.45) is 0 Å². The number of carbonyl (C=O) groups excluding carboxylic acids is 2. The lowest BCUT2D eigenvalue weighted by molar-refractivity contribution is -0.126. The quantitative estimate of drug-likeness (QED) is 0.812. The highest BCUT2D eigenvalue weighted by molar-refractivity contribution is 6.06. The number of ether oxygens (including phenoxy) is 1.